The van der Waals surface area contributed by atoms with Gasteiger partial charge in [0.2, 0.25) is 0 Å². The molecular formula is C25H22ClFN2O4S. The molecule has 1 amide bonds. The summed E-state index contributed by atoms with van der Waals surface area (Å²) < 4.78 is 47.0. The number of carbonyl (C=O) groups excluding carboxylic acids is 1. The average molecular weight is 501 g/mol. The van der Waals surface area contributed by atoms with Gasteiger partial charge in [0.25, 0.3) is 15.9 Å². The molecule has 6 nitrogen and oxygen atoms in total. The van der Waals surface area contributed by atoms with E-state index in [9.17, 15) is 17.6 Å². The van der Waals surface area contributed by atoms with Crippen LogP contribution >= 0.6 is 11.6 Å². The topological polar surface area (TPSA) is 75.7 Å². The van der Waals surface area contributed by atoms with Gasteiger partial charge in [0.15, 0.2) is 4.91 Å². The van der Waals surface area contributed by atoms with E-state index in [0.29, 0.717) is 33.2 Å². The van der Waals surface area contributed by atoms with Crippen LogP contribution in [0, 0.1) is 5.82 Å². The van der Waals surface area contributed by atoms with Gasteiger partial charge < -0.3 is 10.1 Å². The van der Waals surface area contributed by atoms with Crippen LogP contribution in [-0.4, -0.2) is 34.0 Å². The largest absolute Gasteiger partial charge is 0.492 e. The molecule has 0 saturated carbocycles. The lowest BCUT2D eigenvalue weighted by Gasteiger charge is -2.33. The molecule has 0 spiro atoms. The first-order chi connectivity index (χ1) is 16.3. The van der Waals surface area contributed by atoms with E-state index in [1.54, 1.807) is 49.4 Å². The number of carbonyl (C=O) groups is 1. The molecule has 1 N–H and O–H groups in total. The summed E-state index contributed by atoms with van der Waals surface area (Å²) in [6.07, 6.45) is 0. The minimum atomic E-state index is -4.16. The van der Waals surface area contributed by atoms with Gasteiger partial charge in [-0.15, -0.1) is 0 Å². The summed E-state index contributed by atoms with van der Waals surface area (Å²) in [5.41, 5.74) is 1.89. The first kappa shape index (κ1) is 23.8. The molecule has 0 radical (unpaired) electrons. The molecule has 1 heterocycles. The van der Waals surface area contributed by atoms with E-state index in [4.69, 9.17) is 16.3 Å². The number of nitrogens with zero attached hydrogens (tertiary/aromatic N) is 1. The SMILES string of the molecule is CCN1c2ccc(Cl)cc2C(c2ccccc2)=C(C(=O)NCCOc2ccc(F)cc2)S1(=O)=O. The second kappa shape index (κ2) is 9.87. The number of halogens is 2. The molecule has 0 fully saturated rings. The van der Waals surface area contributed by atoms with Crippen molar-refractivity contribution >= 4 is 38.8 Å². The smallest absolute Gasteiger partial charge is 0.270 e. The van der Waals surface area contributed by atoms with Crippen LogP contribution in [0.1, 0.15) is 18.1 Å². The highest BCUT2D eigenvalue weighted by atomic mass is 35.5. The van der Waals surface area contributed by atoms with Crippen molar-refractivity contribution in [2.75, 3.05) is 24.0 Å². The maximum atomic E-state index is 13.6. The summed E-state index contributed by atoms with van der Waals surface area (Å²) in [6.45, 7) is 1.97. The number of sulfonamides is 1. The molecule has 3 aromatic rings. The van der Waals surface area contributed by atoms with Crippen LogP contribution in [0.2, 0.25) is 5.02 Å². The molecule has 3 aromatic carbocycles. The fraction of sp³-hybridized carbons (Fsp3) is 0.160. The molecule has 0 bridgehead atoms. The van der Waals surface area contributed by atoms with Crippen LogP contribution in [0.3, 0.4) is 0 Å². The van der Waals surface area contributed by atoms with Gasteiger partial charge in [-0.2, -0.15) is 0 Å². The van der Waals surface area contributed by atoms with Gasteiger partial charge in [0, 0.05) is 22.7 Å². The quantitative estimate of drug-likeness (QED) is 0.481. The van der Waals surface area contributed by atoms with Crippen molar-refractivity contribution in [2.24, 2.45) is 0 Å². The van der Waals surface area contributed by atoms with Crippen molar-refractivity contribution < 1.29 is 22.3 Å². The van der Waals surface area contributed by atoms with E-state index < -0.39 is 15.9 Å². The maximum Gasteiger partial charge on any atom is 0.270 e. The molecule has 4 rings (SSSR count). The fourth-order valence-corrected chi connectivity index (χ4v) is 5.77. The molecular weight excluding hydrogens is 479 g/mol. The second-order valence-electron chi connectivity index (χ2n) is 7.46. The minimum Gasteiger partial charge on any atom is -0.492 e. The van der Waals surface area contributed by atoms with E-state index >= 15 is 0 Å². The average Bonchev–Trinajstić information content (AvgIpc) is 2.82. The Hall–Kier alpha value is -3.36. The number of benzene rings is 3. The van der Waals surface area contributed by atoms with Crippen LogP contribution in [0.4, 0.5) is 10.1 Å². The Balaban J connectivity index is 1.71. The minimum absolute atomic E-state index is 0.0474. The van der Waals surface area contributed by atoms with Crippen molar-refractivity contribution in [1.82, 2.24) is 5.32 Å². The zero-order valence-electron chi connectivity index (χ0n) is 18.3. The number of ether oxygens (including phenoxy) is 1. The lowest BCUT2D eigenvalue weighted by Crippen LogP contribution is -2.42. The summed E-state index contributed by atoms with van der Waals surface area (Å²) in [6, 6.07) is 19.3. The summed E-state index contributed by atoms with van der Waals surface area (Å²) >= 11 is 6.26. The van der Waals surface area contributed by atoms with E-state index in [1.165, 1.54) is 28.6 Å². The second-order valence-corrected chi connectivity index (χ2v) is 9.70. The van der Waals surface area contributed by atoms with Gasteiger partial charge in [-0.1, -0.05) is 41.9 Å². The summed E-state index contributed by atoms with van der Waals surface area (Å²) in [5, 5.41) is 3.07. The maximum absolute atomic E-state index is 13.6. The molecule has 1 aliphatic rings. The predicted octanol–water partition coefficient (Wildman–Crippen LogP) is 4.60. The predicted molar refractivity (Wildman–Crippen MR) is 131 cm³/mol. The standard InChI is InChI=1S/C25H22ClFN2O4S/c1-2-29-22-13-8-18(26)16-21(22)23(17-6-4-3-5-7-17)24(34(29,31)32)25(30)28-14-15-33-20-11-9-19(27)10-12-20/h3-13,16H,2,14-15H2,1H3,(H,28,30). The lowest BCUT2D eigenvalue weighted by atomic mass is 9.95. The van der Waals surface area contributed by atoms with Crippen molar-refractivity contribution in [3.63, 3.8) is 0 Å². The van der Waals surface area contributed by atoms with Crippen molar-refractivity contribution in [1.29, 1.82) is 0 Å². The first-order valence-electron chi connectivity index (χ1n) is 10.6. The van der Waals surface area contributed by atoms with Gasteiger partial charge in [-0.25, -0.2) is 12.8 Å². The number of amides is 1. The number of rotatable bonds is 7. The Bertz CT molecular complexity index is 1340. The zero-order chi connectivity index (χ0) is 24.3. The molecule has 1 aliphatic heterocycles. The van der Waals surface area contributed by atoms with Crippen LogP contribution in [-0.2, 0) is 14.8 Å². The number of anilines is 1. The zero-order valence-corrected chi connectivity index (χ0v) is 19.9. The Labute approximate surface area is 202 Å². The van der Waals surface area contributed by atoms with Crippen molar-refractivity contribution in [3.05, 3.63) is 99.7 Å². The molecule has 0 atom stereocenters. The molecule has 176 valence electrons. The normalized spacial score (nSPS) is 14.5. The molecule has 9 heteroatoms. The lowest BCUT2D eigenvalue weighted by molar-refractivity contribution is -0.116. The third kappa shape index (κ3) is 4.64. The first-order valence-corrected chi connectivity index (χ1v) is 12.4. The van der Waals surface area contributed by atoms with Gasteiger partial charge in [0.05, 0.1) is 12.2 Å². The molecule has 34 heavy (non-hydrogen) atoms. The van der Waals surface area contributed by atoms with Gasteiger partial charge in [-0.05, 0) is 55.0 Å². The third-order valence-electron chi connectivity index (χ3n) is 5.30. The Morgan fingerprint density at radius 1 is 1.06 bits per heavy atom. The molecule has 0 aliphatic carbocycles. The van der Waals surface area contributed by atoms with Crippen LogP contribution < -0.4 is 14.4 Å². The van der Waals surface area contributed by atoms with Crippen LogP contribution in [0.25, 0.3) is 5.57 Å². The molecule has 0 saturated heterocycles. The summed E-state index contributed by atoms with van der Waals surface area (Å²) in [7, 11) is -4.16. The van der Waals surface area contributed by atoms with E-state index in [1.807, 2.05) is 6.07 Å². The Kier molecular flexibility index (Phi) is 6.90. The van der Waals surface area contributed by atoms with Gasteiger partial charge in [-0.3, -0.25) is 9.10 Å². The van der Waals surface area contributed by atoms with E-state index in [0.717, 1.165) is 0 Å². The number of hydrogen-bond acceptors (Lipinski definition) is 4. The monoisotopic (exact) mass is 500 g/mol. The van der Waals surface area contributed by atoms with E-state index in [-0.39, 0.29) is 30.4 Å². The molecule has 0 unspecified atom stereocenters. The Morgan fingerprint density at radius 2 is 1.76 bits per heavy atom. The number of hydrogen-bond donors (Lipinski definition) is 1. The summed E-state index contributed by atoms with van der Waals surface area (Å²) in [5.74, 6) is -0.694. The highest BCUT2D eigenvalue weighted by molar-refractivity contribution is 7.97. The summed E-state index contributed by atoms with van der Waals surface area (Å²) in [4.78, 5) is 12.9. The van der Waals surface area contributed by atoms with Crippen LogP contribution in [0.15, 0.2) is 77.7 Å². The number of nitrogens with one attached hydrogen (secondary N) is 1. The van der Waals surface area contributed by atoms with Gasteiger partial charge >= 0.3 is 0 Å². The van der Waals surface area contributed by atoms with Crippen molar-refractivity contribution in [2.45, 2.75) is 6.92 Å². The van der Waals surface area contributed by atoms with Crippen molar-refractivity contribution in [3.8, 4) is 5.75 Å². The van der Waals surface area contributed by atoms with Gasteiger partial charge in [0.1, 0.15) is 18.2 Å². The Morgan fingerprint density at radius 3 is 2.44 bits per heavy atom. The number of fused-ring (bicyclic) bond motifs is 1. The third-order valence-corrected chi connectivity index (χ3v) is 7.47. The van der Waals surface area contributed by atoms with Crippen LogP contribution in [0.5, 0.6) is 5.75 Å². The van der Waals surface area contributed by atoms with E-state index in [2.05, 4.69) is 5.32 Å². The molecule has 0 aromatic heterocycles. The highest BCUT2D eigenvalue weighted by Crippen LogP contribution is 2.43. The highest BCUT2D eigenvalue weighted by Gasteiger charge is 2.40. The fourth-order valence-electron chi connectivity index (χ4n) is 3.82.